The molecule has 0 aromatic heterocycles. The van der Waals surface area contributed by atoms with E-state index in [4.69, 9.17) is 11.6 Å². The molecule has 7 heteroatoms. The quantitative estimate of drug-likeness (QED) is 0.632. The van der Waals surface area contributed by atoms with Crippen LogP contribution in [0.3, 0.4) is 0 Å². The Hall–Kier alpha value is -1.66. The second kappa shape index (κ2) is 6.41. The van der Waals surface area contributed by atoms with Gasteiger partial charge in [-0.05, 0) is 32.5 Å². The van der Waals surface area contributed by atoms with Gasteiger partial charge in [-0.1, -0.05) is 17.7 Å². The summed E-state index contributed by atoms with van der Waals surface area (Å²) in [5.41, 5.74) is -0.0667. The number of hydrogen-bond donors (Lipinski definition) is 0. The standard InChI is InChI=1S/C14H18ClN3O3/c1-16-8-4-5-10(16)9-17(2)14(19)11-6-3-7-12(13(11)15)18(20)21/h3,6-7,10H,4-5,8-9H2,1-2H3. The van der Waals surface area contributed by atoms with Gasteiger partial charge in [0.1, 0.15) is 5.02 Å². The maximum atomic E-state index is 12.4. The summed E-state index contributed by atoms with van der Waals surface area (Å²) in [6.07, 6.45) is 2.18. The van der Waals surface area contributed by atoms with E-state index < -0.39 is 4.92 Å². The minimum absolute atomic E-state index is 0.0980. The molecule has 1 aromatic carbocycles. The minimum atomic E-state index is -0.580. The van der Waals surface area contributed by atoms with E-state index >= 15 is 0 Å². The van der Waals surface area contributed by atoms with Crippen LogP contribution >= 0.6 is 11.6 Å². The van der Waals surface area contributed by atoms with E-state index in [1.165, 1.54) is 18.2 Å². The van der Waals surface area contributed by atoms with E-state index in [-0.39, 0.29) is 22.2 Å². The third kappa shape index (κ3) is 3.33. The van der Waals surface area contributed by atoms with Crippen molar-refractivity contribution in [2.24, 2.45) is 0 Å². The third-order valence-corrected chi connectivity index (χ3v) is 4.31. The summed E-state index contributed by atoms with van der Waals surface area (Å²) < 4.78 is 0. The lowest BCUT2D eigenvalue weighted by Crippen LogP contribution is -2.39. The Kier molecular flexibility index (Phi) is 4.80. The van der Waals surface area contributed by atoms with Crippen molar-refractivity contribution >= 4 is 23.2 Å². The molecule has 1 aliphatic heterocycles. The maximum absolute atomic E-state index is 12.4. The Morgan fingerprint density at radius 1 is 1.57 bits per heavy atom. The van der Waals surface area contributed by atoms with E-state index in [9.17, 15) is 14.9 Å². The fourth-order valence-electron chi connectivity index (χ4n) is 2.64. The lowest BCUT2D eigenvalue weighted by Gasteiger charge is -2.26. The summed E-state index contributed by atoms with van der Waals surface area (Å²) in [5, 5.41) is 10.8. The molecule has 1 amide bonds. The van der Waals surface area contributed by atoms with E-state index in [0.29, 0.717) is 12.6 Å². The number of nitrogens with zero attached hydrogens (tertiary/aromatic N) is 3. The number of carbonyl (C=O) groups is 1. The van der Waals surface area contributed by atoms with Gasteiger partial charge in [0.15, 0.2) is 0 Å². The number of likely N-dealkylation sites (N-methyl/N-ethyl adjacent to an activating group) is 2. The van der Waals surface area contributed by atoms with Crippen molar-refractivity contribution in [2.45, 2.75) is 18.9 Å². The van der Waals surface area contributed by atoms with Crippen molar-refractivity contribution in [1.82, 2.24) is 9.80 Å². The number of nitro benzene ring substituents is 1. The molecule has 114 valence electrons. The number of amides is 1. The number of halogens is 1. The summed E-state index contributed by atoms with van der Waals surface area (Å²) in [5.74, 6) is -0.288. The first kappa shape index (κ1) is 15.7. The van der Waals surface area contributed by atoms with Crippen LogP contribution in [0.5, 0.6) is 0 Å². The molecular weight excluding hydrogens is 294 g/mol. The molecule has 21 heavy (non-hydrogen) atoms. The molecule has 0 radical (unpaired) electrons. The van der Waals surface area contributed by atoms with Crippen LogP contribution in [0.2, 0.25) is 5.02 Å². The van der Waals surface area contributed by atoms with Crippen molar-refractivity contribution in [1.29, 1.82) is 0 Å². The molecule has 0 spiro atoms. The number of nitro groups is 1. The summed E-state index contributed by atoms with van der Waals surface area (Å²) in [7, 11) is 3.74. The number of carbonyl (C=O) groups excluding carboxylic acids is 1. The molecule has 0 N–H and O–H groups in total. The fraction of sp³-hybridized carbons (Fsp3) is 0.500. The lowest BCUT2D eigenvalue weighted by atomic mass is 10.1. The molecule has 1 fully saturated rings. The molecule has 1 aliphatic rings. The van der Waals surface area contributed by atoms with Crippen molar-refractivity contribution < 1.29 is 9.72 Å². The summed E-state index contributed by atoms with van der Waals surface area (Å²) in [6.45, 7) is 1.62. The van der Waals surface area contributed by atoms with Crippen LogP contribution in [0.15, 0.2) is 18.2 Å². The lowest BCUT2D eigenvalue weighted by molar-refractivity contribution is -0.384. The highest BCUT2D eigenvalue weighted by Gasteiger charge is 2.26. The highest BCUT2D eigenvalue weighted by molar-refractivity contribution is 6.35. The molecule has 1 unspecified atom stereocenters. The van der Waals surface area contributed by atoms with Crippen LogP contribution in [-0.2, 0) is 0 Å². The fourth-order valence-corrected chi connectivity index (χ4v) is 2.92. The maximum Gasteiger partial charge on any atom is 0.288 e. The predicted octanol–water partition coefficient (Wildman–Crippen LogP) is 2.41. The van der Waals surface area contributed by atoms with Gasteiger partial charge in [-0.2, -0.15) is 0 Å². The number of likely N-dealkylation sites (tertiary alicyclic amines) is 1. The molecule has 0 saturated carbocycles. The van der Waals surface area contributed by atoms with Crippen molar-refractivity contribution in [3.63, 3.8) is 0 Å². The van der Waals surface area contributed by atoms with E-state index in [0.717, 1.165) is 19.4 Å². The molecule has 1 aromatic rings. The van der Waals surface area contributed by atoms with Gasteiger partial charge in [0.2, 0.25) is 0 Å². The van der Waals surface area contributed by atoms with Gasteiger partial charge in [-0.3, -0.25) is 14.9 Å². The Morgan fingerprint density at radius 2 is 2.29 bits per heavy atom. The van der Waals surface area contributed by atoms with Crippen LogP contribution < -0.4 is 0 Å². The first-order chi connectivity index (χ1) is 9.91. The molecule has 0 aliphatic carbocycles. The average molecular weight is 312 g/mol. The predicted molar refractivity (Wildman–Crippen MR) is 80.7 cm³/mol. The molecule has 1 saturated heterocycles. The molecule has 0 bridgehead atoms. The Morgan fingerprint density at radius 3 is 2.86 bits per heavy atom. The Balaban J connectivity index is 2.16. The van der Waals surface area contributed by atoms with E-state index in [1.807, 2.05) is 7.05 Å². The van der Waals surface area contributed by atoms with Crippen molar-refractivity contribution in [3.05, 3.63) is 38.9 Å². The monoisotopic (exact) mass is 311 g/mol. The van der Waals surface area contributed by atoms with Gasteiger partial charge < -0.3 is 9.80 Å². The largest absolute Gasteiger partial charge is 0.340 e. The first-order valence-corrected chi connectivity index (χ1v) is 7.18. The zero-order valence-corrected chi connectivity index (χ0v) is 12.8. The molecular formula is C14H18ClN3O3. The van der Waals surface area contributed by atoms with Gasteiger partial charge in [0.25, 0.3) is 11.6 Å². The van der Waals surface area contributed by atoms with Crippen molar-refractivity contribution in [2.75, 3.05) is 27.2 Å². The Labute approximate surface area is 128 Å². The van der Waals surface area contributed by atoms with Crippen LogP contribution in [-0.4, -0.2) is 53.9 Å². The van der Waals surface area contributed by atoms with Crippen LogP contribution in [0.25, 0.3) is 0 Å². The zero-order chi connectivity index (χ0) is 15.6. The SMILES string of the molecule is CN(CC1CCCN1C)C(=O)c1cccc([N+](=O)[O-])c1Cl. The number of benzene rings is 1. The smallest absolute Gasteiger partial charge is 0.288 e. The topological polar surface area (TPSA) is 66.7 Å². The van der Waals surface area contributed by atoms with Crippen LogP contribution in [0.1, 0.15) is 23.2 Å². The molecule has 2 rings (SSSR count). The average Bonchev–Trinajstić information content (AvgIpc) is 2.83. The summed E-state index contributed by atoms with van der Waals surface area (Å²) in [4.78, 5) is 26.5. The second-order valence-electron chi connectivity index (χ2n) is 5.36. The highest BCUT2D eigenvalue weighted by Crippen LogP contribution is 2.28. The zero-order valence-electron chi connectivity index (χ0n) is 12.1. The van der Waals surface area contributed by atoms with Gasteiger partial charge in [0.05, 0.1) is 10.5 Å². The molecule has 1 heterocycles. The third-order valence-electron chi connectivity index (χ3n) is 3.91. The summed E-state index contributed by atoms with van der Waals surface area (Å²) >= 11 is 5.99. The van der Waals surface area contributed by atoms with Gasteiger partial charge >= 0.3 is 0 Å². The van der Waals surface area contributed by atoms with Gasteiger partial charge in [-0.25, -0.2) is 0 Å². The highest BCUT2D eigenvalue weighted by atomic mass is 35.5. The van der Waals surface area contributed by atoms with Gasteiger partial charge in [-0.15, -0.1) is 0 Å². The van der Waals surface area contributed by atoms with Crippen LogP contribution in [0, 0.1) is 10.1 Å². The van der Waals surface area contributed by atoms with E-state index in [2.05, 4.69) is 4.90 Å². The van der Waals surface area contributed by atoms with E-state index in [1.54, 1.807) is 11.9 Å². The van der Waals surface area contributed by atoms with Gasteiger partial charge in [0, 0.05) is 25.7 Å². The number of rotatable bonds is 4. The van der Waals surface area contributed by atoms with Crippen molar-refractivity contribution in [3.8, 4) is 0 Å². The molecule has 6 nitrogen and oxygen atoms in total. The second-order valence-corrected chi connectivity index (χ2v) is 5.74. The number of hydrogen-bond acceptors (Lipinski definition) is 4. The van der Waals surface area contributed by atoms with Crippen LogP contribution in [0.4, 0.5) is 5.69 Å². The molecule has 1 atom stereocenters. The summed E-state index contributed by atoms with van der Waals surface area (Å²) in [6, 6.07) is 4.62. The minimum Gasteiger partial charge on any atom is -0.340 e. The Bertz CT molecular complexity index is 564. The normalized spacial score (nSPS) is 18.7. The first-order valence-electron chi connectivity index (χ1n) is 6.80.